The number of nitrogens with one attached hydrogen (secondary N) is 1. The standard InChI is InChI=1S/C19H34N6O3/c1-8-12-11-25(18(27)28-19(3,4)5)13(9-2)10-24(12)16-14(20)15(21-6)23(7)17(26)22-16/h12-13,21H,8-11,20H2,1-7H3/t12-,13+/m0/s1. The van der Waals surface area contributed by atoms with Crippen LogP contribution in [0.4, 0.5) is 22.1 Å². The van der Waals surface area contributed by atoms with Crippen molar-refractivity contribution in [1.82, 2.24) is 14.5 Å². The molecule has 1 aromatic rings. The largest absolute Gasteiger partial charge is 0.444 e. The van der Waals surface area contributed by atoms with Crippen LogP contribution in [0.15, 0.2) is 4.79 Å². The summed E-state index contributed by atoms with van der Waals surface area (Å²) in [7, 11) is 3.36. The molecule has 0 radical (unpaired) electrons. The summed E-state index contributed by atoms with van der Waals surface area (Å²) in [5.74, 6) is 1.01. The summed E-state index contributed by atoms with van der Waals surface area (Å²) in [6.45, 7) is 10.7. The van der Waals surface area contributed by atoms with Crippen molar-refractivity contribution in [3.8, 4) is 0 Å². The zero-order chi connectivity index (χ0) is 21.2. The van der Waals surface area contributed by atoms with Gasteiger partial charge in [-0.1, -0.05) is 13.8 Å². The molecule has 1 aliphatic rings. The first kappa shape index (κ1) is 21.8. The number of nitrogen functional groups attached to an aromatic ring is 1. The predicted molar refractivity (Wildman–Crippen MR) is 112 cm³/mol. The summed E-state index contributed by atoms with van der Waals surface area (Å²) >= 11 is 0. The number of nitrogens with two attached hydrogens (primary N) is 1. The molecule has 2 atom stereocenters. The Bertz CT molecular complexity index is 770. The third kappa shape index (κ3) is 4.34. The smallest absolute Gasteiger partial charge is 0.410 e. The van der Waals surface area contributed by atoms with E-state index in [2.05, 4.69) is 15.2 Å². The van der Waals surface area contributed by atoms with Gasteiger partial charge in [0.05, 0.1) is 6.04 Å². The van der Waals surface area contributed by atoms with Crippen molar-refractivity contribution in [1.29, 1.82) is 0 Å². The van der Waals surface area contributed by atoms with Crippen LogP contribution in [-0.4, -0.2) is 58.4 Å². The monoisotopic (exact) mass is 394 g/mol. The molecule has 2 heterocycles. The van der Waals surface area contributed by atoms with Crippen LogP contribution in [0.3, 0.4) is 0 Å². The SMILES string of the molecule is CC[C@@H]1CN(c2nc(=O)n(C)c(NC)c2N)[C@@H](CC)CN1C(=O)OC(C)(C)C. The number of hydrogen-bond acceptors (Lipinski definition) is 7. The predicted octanol–water partition coefficient (Wildman–Crippen LogP) is 2.02. The number of ether oxygens (including phenoxy) is 1. The lowest BCUT2D eigenvalue weighted by Crippen LogP contribution is -2.61. The van der Waals surface area contributed by atoms with E-state index < -0.39 is 5.60 Å². The molecular weight excluding hydrogens is 360 g/mol. The first-order valence-electron chi connectivity index (χ1n) is 9.84. The minimum absolute atomic E-state index is 0.0121. The lowest BCUT2D eigenvalue weighted by Gasteiger charge is -2.46. The van der Waals surface area contributed by atoms with Crippen LogP contribution in [-0.2, 0) is 11.8 Å². The van der Waals surface area contributed by atoms with Crippen molar-refractivity contribution in [3.63, 3.8) is 0 Å². The maximum absolute atomic E-state index is 12.7. The van der Waals surface area contributed by atoms with Crippen molar-refractivity contribution in [2.45, 2.75) is 65.1 Å². The van der Waals surface area contributed by atoms with E-state index in [9.17, 15) is 9.59 Å². The highest BCUT2D eigenvalue weighted by Crippen LogP contribution is 2.32. The van der Waals surface area contributed by atoms with E-state index in [0.717, 1.165) is 12.8 Å². The molecule has 28 heavy (non-hydrogen) atoms. The van der Waals surface area contributed by atoms with Crippen LogP contribution < -0.4 is 21.6 Å². The van der Waals surface area contributed by atoms with Crippen molar-refractivity contribution in [2.75, 3.05) is 36.1 Å². The fourth-order valence-electron chi connectivity index (χ4n) is 3.58. The third-order valence-corrected chi connectivity index (χ3v) is 5.10. The van der Waals surface area contributed by atoms with Crippen LogP contribution >= 0.6 is 0 Å². The number of rotatable bonds is 4. The topological polar surface area (TPSA) is 106 Å². The summed E-state index contributed by atoms with van der Waals surface area (Å²) < 4.78 is 7.00. The first-order chi connectivity index (χ1) is 13.0. The van der Waals surface area contributed by atoms with Gasteiger partial charge in [0.1, 0.15) is 17.1 Å². The Hall–Kier alpha value is -2.45. The van der Waals surface area contributed by atoms with Crippen LogP contribution in [0.25, 0.3) is 0 Å². The molecule has 1 aliphatic heterocycles. The highest BCUT2D eigenvalue weighted by Gasteiger charge is 2.38. The van der Waals surface area contributed by atoms with Crippen LogP contribution in [0, 0.1) is 0 Å². The van der Waals surface area contributed by atoms with Gasteiger partial charge in [-0.3, -0.25) is 4.57 Å². The number of carbonyl (C=O) groups is 1. The number of aromatic nitrogens is 2. The van der Waals surface area contributed by atoms with Crippen molar-refractivity contribution in [3.05, 3.63) is 10.5 Å². The number of nitrogens with zero attached hydrogens (tertiary/aromatic N) is 4. The van der Waals surface area contributed by atoms with E-state index in [1.54, 1.807) is 19.0 Å². The molecule has 0 saturated carbocycles. The van der Waals surface area contributed by atoms with Crippen LogP contribution in [0.1, 0.15) is 47.5 Å². The van der Waals surface area contributed by atoms with Crippen molar-refractivity contribution < 1.29 is 9.53 Å². The minimum Gasteiger partial charge on any atom is -0.444 e. The molecule has 158 valence electrons. The van der Waals surface area contributed by atoms with Crippen molar-refractivity contribution >= 4 is 23.4 Å². The van der Waals surface area contributed by atoms with Crippen LogP contribution in [0.5, 0.6) is 0 Å². The van der Waals surface area contributed by atoms with Gasteiger partial charge in [-0.05, 0) is 33.6 Å². The maximum Gasteiger partial charge on any atom is 0.410 e. The minimum atomic E-state index is -0.548. The number of carbonyl (C=O) groups excluding carboxylic acids is 1. The summed E-state index contributed by atoms with van der Waals surface area (Å²) in [5.41, 5.74) is 5.86. The summed E-state index contributed by atoms with van der Waals surface area (Å²) in [5, 5.41) is 2.98. The van der Waals surface area contributed by atoms with E-state index >= 15 is 0 Å². The number of hydrogen-bond donors (Lipinski definition) is 2. The van der Waals surface area contributed by atoms with Gasteiger partial charge in [0.2, 0.25) is 0 Å². The molecule has 0 unspecified atom stereocenters. The third-order valence-electron chi connectivity index (χ3n) is 5.10. The molecule has 0 aliphatic carbocycles. The molecule has 9 nitrogen and oxygen atoms in total. The summed E-state index contributed by atoms with van der Waals surface area (Å²) in [6, 6.07) is -0.0668. The van der Waals surface area contributed by atoms with Crippen LogP contribution in [0.2, 0.25) is 0 Å². The average molecular weight is 395 g/mol. The molecule has 1 aromatic heterocycles. The Morgan fingerprint density at radius 3 is 2.36 bits per heavy atom. The lowest BCUT2D eigenvalue weighted by atomic mass is 10.0. The second-order valence-corrected chi connectivity index (χ2v) is 8.20. The van der Waals surface area contributed by atoms with Gasteiger partial charge in [-0.25, -0.2) is 9.59 Å². The maximum atomic E-state index is 12.7. The molecule has 3 N–H and O–H groups in total. The number of amides is 1. The molecule has 0 aromatic carbocycles. The van der Waals surface area contributed by atoms with Gasteiger partial charge >= 0.3 is 11.8 Å². The van der Waals surface area contributed by atoms with Gasteiger partial charge in [0.25, 0.3) is 0 Å². The van der Waals surface area contributed by atoms with Gasteiger partial charge in [0.15, 0.2) is 5.82 Å². The quantitative estimate of drug-likeness (QED) is 0.805. The fourth-order valence-corrected chi connectivity index (χ4v) is 3.58. The first-order valence-corrected chi connectivity index (χ1v) is 9.84. The Balaban J connectivity index is 2.40. The Morgan fingerprint density at radius 1 is 1.25 bits per heavy atom. The number of anilines is 3. The van der Waals surface area contributed by atoms with E-state index in [4.69, 9.17) is 10.5 Å². The highest BCUT2D eigenvalue weighted by molar-refractivity contribution is 5.76. The Labute approximate surface area is 166 Å². The van der Waals surface area contributed by atoms with E-state index in [0.29, 0.717) is 30.4 Å². The second kappa shape index (κ2) is 8.28. The number of piperazine rings is 1. The zero-order valence-corrected chi connectivity index (χ0v) is 18.1. The lowest BCUT2D eigenvalue weighted by molar-refractivity contribution is 0.00982. The Morgan fingerprint density at radius 2 is 1.86 bits per heavy atom. The van der Waals surface area contributed by atoms with E-state index in [1.165, 1.54) is 4.57 Å². The van der Waals surface area contributed by atoms with Gasteiger partial charge in [0, 0.05) is 33.2 Å². The normalized spacial score (nSPS) is 20.2. The fraction of sp³-hybridized carbons (Fsp3) is 0.737. The van der Waals surface area contributed by atoms with Gasteiger partial charge < -0.3 is 25.6 Å². The van der Waals surface area contributed by atoms with E-state index in [1.807, 2.05) is 34.6 Å². The second-order valence-electron chi connectivity index (χ2n) is 8.20. The summed E-state index contributed by atoms with van der Waals surface area (Å²) in [4.78, 5) is 33.2. The molecule has 2 rings (SSSR count). The molecule has 1 fully saturated rings. The molecular formula is C19H34N6O3. The molecule has 1 amide bonds. The van der Waals surface area contributed by atoms with Gasteiger partial charge in [-0.2, -0.15) is 4.98 Å². The van der Waals surface area contributed by atoms with Crippen molar-refractivity contribution in [2.24, 2.45) is 7.05 Å². The van der Waals surface area contributed by atoms with Gasteiger partial charge in [-0.15, -0.1) is 0 Å². The van der Waals surface area contributed by atoms with E-state index in [-0.39, 0.29) is 23.9 Å². The molecule has 1 saturated heterocycles. The summed E-state index contributed by atoms with van der Waals surface area (Å²) in [6.07, 6.45) is 1.23. The molecule has 0 bridgehead atoms. The Kier molecular flexibility index (Phi) is 6.46. The molecule has 0 spiro atoms. The zero-order valence-electron chi connectivity index (χ0n) is 18.1. The highest BCUT2D eigenvalue weighted by atomic mass is 16.6. The molecule has 9 heteroatoms. The average Bonchev–Trinajstić information content (AvgIpc) is 2.62.